The lowest BCUT2D eigenvalue weighted by atomic mass is 9.94. The van der Waals surface area contributed by atoms with Crippen LogP contribution in [0.25, 0.3) is 0 Å². The van der Waals surface area contributed by atoms with Gasteiger partial charge in [0.1, 0.15) is 0 Å². The normalized spacial score (nSPS) is 17.7. The van der Waals surface area contributed by atoms with Crippen LogP contribution >= 0.6 is 24.0 Å². The molecule has 0 amide bonds. The van der Waals surface area contributed by atoms with E-state index >= 15 is 0 Å². The molecule has 0 spiro atoms. The molecule has 0 aromatic rings. The van der Waals surface area contributed by atoms with Crippen LogP contribution in [0.4, 0.5) is 0 Å². The molecule has 1 rings (SSSR count). The summed E-state index contributed by atoms with van der Waals surface area (Å²) in [5.74, 6) is 1.98. The second-order valence-electron chi connectivity index (χ2n) is 8.00. The number of hydrogen-bond donors (Lipinski definition) is 3. The maximum absolute atomic E-state index is 9.28. The Labute approximate surface area is 177 Å². The second-order valence-corrected chi connectivity index (χ2v) is 8.00. The van der Waals surface area contributed by atoms with Crippen molar-refractivity contribution in [1.82, 2.24) is 15.5 Å². The largest absolute Gasteiger partial charge is 0.396 e. The second kappa shape index (κ2) is 14.0. The van der Waals surface area contributed by atoms with Gasteiger partial charge in [0.2, 0.25) is 0 Å². The Balaban J connectivity index is 0.00000625. The molecule has 1 fully saturated rings. The Morgan fingerprint density at radius 3 is 2.42 bits per heavy atom. The van der Waals surface area contributed by atoms with Crippen LogP contribution < -0.4 is 10.6 Å². The molecule has 0 saturated carbocycles. The highest BCUT2D eigenvalue weighted by atomic mass is 127. The highest BCUT2D eigenvalue weighted by Crippen LogP contribution is 2.17. The summed E-state index contributed by atoms with van der Waals surface area (Å²) in [6.07, 6.45) is 1.95. The Bertz CT molecular complexity index is 386. The van der Waals surface area contributed by atoms with Crippen LogP contribution in [-0.2, 0) is 4.74 Å². The maximum Gasteiger partial charge on any atom is 0.191 e. The van der Waals surface area contributed by atoms with Gasteiger partial charge in [-0.15, -0.1) is 24.0 Å². The summed E-state index contributed by atoms with van der Waals surface area (Å²) in [5, 5.41) is 16.1. The Kier molecular flexibility index (Phi) is 13.9. The van der Waals surface area contributed by atoms with Gasteiger partial charge >= 0.3 is 0 Å². The highest BCUT2D eigenvalue weighted by molar-refractivity contribution is 14.0. The van der Waals surface area contributed by atoms with E-state index in [0.29, 0.717) is 11.8 Å². The van der Waals surface area contributed by atoms with Crippen LogP contribution in [0.5, 0.6) is 0 Å². The van der Waals surface area contributed by atoms with Crippen LogP contribution in [0.15, 0.2) is 4.99 Å². The number of nitrogens with zero attached hydrogens (tertiary/aromatic N) is 2. The lowest BCUT2D eigenvalue weighted by molar-refractivity contribution is -0.00684. The van der Waals surface area contributed by atoms with E-state index in [2.05, 4.69) is 50.2 Å². The van der Waals surface area contributed by atoms with Gasteiger partial charge in [0.25, 0.3) is 0 Å². The van der Waals surface area contributed by atoms with Crippen LogP contribution in [0, 0.1) is 11.8 Å². The first-order valence-electron chi connectivity index (χ1n) is 9.84. The number of hydrogen-bond acceptors (Lipinski definition) is 4. The van der Waals surface area contributed by atoms with Gasteiger partial charge in [-0.2, -0.15) is 0 Å². The third-order valence-electron chi connectivity index (χ3n) is 4.74. The minimum Gasteiger partial charge on any atom is -0.396 e. The number of guanidine groups is 1. The molecular formula is C19H41IN4O2. The van der Waals surface area contributed by atoms with E-state index < -0.39 is 0 Å². The molecule has 7 heteroatoms. The number of aliphatic hydroxyl groups excluding tert-OH is 1. The maximum atomic E-state index is 9.28. The molecule has 26 heavy (non-hydrogen) atoms. The fourth-order valence-corrected chi connectivity index (χ4v) is 3.28. The van der Waals surface area contributed by atoms with Crippen molar-refractivity contribution in [3.05, 3.63) is 0 Å². The van der Waals surface area contributed by atoms with E-state index in [0.717, 1.165) is 64.7 Å². The third kappa shape index (κ3) is 10.3. The molecule has 0 aliphatic carbocycles. The minimum absolute atomic E-state index is 0. The molecule has 1 atom stereocenters. The number of ether oxygens (including phenoxy) is 1. The van der Waals surface area contributed by atoms with Crippen molar-refractivity contribution >= 4 is 29.9 Å². The molecule has 1 aliphatic heterocycles. The number of rotatable bonds is 10. The summed E-state index contributed by atoms with van der Waals surface area (Å²) in [6, 6.07) is 0. The van der Waals surface area contributed by atoms with Crippen LogP contribution in [0.3, 0.4) is 0 Å². The summed E-state index contributed by atoms with van der Waals surface area (Å²) in [5.41, 5.74) is 0.0224. The number of aliphatic imine (C=N–C) groups is 1. The highest BCUT2D eigenvalue weighted by Gasteiger charge is 2.28. The summed E-state index contributed by atoms with van der Waals surface area (Å²) >= 11 is 0. The summed E-state index contributed by atoms with van der Waals surface area (Å²) in [6.45, 7) is 17.3. The lowest BCUT2D eigenvalue weighted by Gasteiger charge is -2.40. The first-order chi connectivity index (χ1) is 11.9. The van der Waals surface area contributed by atoms with E-state index in [1.807, 2.05) is 0 Å². The van der Waals surface area contributed by atoms with Gasteiger partial charge in [-0.3, -0.25) is 9.89 Å². The zero-order valence-electron chi connectivity index (χ0n) is 17.4. The van der Waals surface area contributed by atoms with Crippen LogP contribution in [-0.4, -0.2) is 74.0 Å². The van der Waals surface area contributed by atoms with Gasteiger partial charge in [0.05, 0.1) is 19.8 Å². The SMILES string of the molecule is CCNC(=NCC(C)(C)N1CCOCC1)NCC(CCO)CC(C)C.I. The zero-order chi connectivity index (χ0) is 18.7. The van der Waals surface area contributed by atoms with Crippen molar-refractivity contribution in [3.8, 4) is 0 Å². The smallest absolute Gasteiger partial charge is 0.191 e. The van der Waals surface area contributed by atoms with Gasteiger partial charge in [0.15, 0.2) is 5.96 Å². The first kappa shape index (κ1) is 25.9. The van der Waals surface area contributed by atoms with Crippen molar-refractivity contribution in [1.29, 1.82) is 0 Å². The Morgan fingerprint density at radius 2 is 1.88 bits per heavy atom. The molecular weight excluding hydrogens is 443 g/mol. The van der Waals surface area contributed by atoms with Gasteiger partial charge in [-0.05, 0) is 45.4 Å². The molecule has 0 radical (unpaired) electrons. The predicted molar refractivity (Wildman–Crippen MR) is 121 cm³/mol. The third-order valence-corrected chi connectivity index (χ3v) is 4.74. The molecule has 156 valence electrons. The Morgan fingerprint density at radius 1 is 1.23 bits per heavy atom. The molecule has 1 aliphatic rings. The molecule has 0 aromatic carbocycles. The van der Waals surface area contributed by atoms with Gasteiger partial charge in [-0.1, -0.05) is 13.8 Å². The van der Waals surface area contributed by atoms with Crippen LogP contribution in [0.1, 0.15) is 47.5 Å². The van der Waals surface area contributed by atoms with Crippen molar-refractivity contribution < 1.29 is 9.84 Å². The van der Waals surface area contributed by atoms with E-state index in [1.54, 1.807) is 0 Å². The fraction of sp³-hybridized carbons (Fsp3) is 0.947. The van der Waals surface area contributed by atoms with Crippen molar-refractivity contribution in [2.24, 2.45) is 16.8 Å². The quantitative estimate of drug-likeness (QED) is 0.252. The molecule has 1 unspecified atom stereocenters. The zero-order valence-corrected chi connectivity index (χ0v) is 19.7. The first-order valence-corrected chi connectivity index (χ1v) is 9.84. The minimum atomic E-state index is 0. The van der Waals surface area contributed by atoms with E-state index in [-0.39, 0.29) is 36.1 Å². The average Bonchev–Trinajstić information content (AvgIpc) is 2.57. The number of morpholine rings is 1. The fourth-order valence-electron chi connectivity index (χ4n) is 3.28. The average molecular weight is 484 g/mol. The summed E-state index contributed by atoms with van der Waals surface area (Å²) in [7, 11) is 0. The van der Waals surface area contributed by atoms with Crippen molar-refractivity contribution in [3.63, 3.8) is 0 Å². The summed E-state index contributed by atoms with van der Waals surface area (Å²) in [4.78, 5) is 7.28. The van der Waals surface area contributed by atoms with E-state index in [1.165, 1.54) is 0 Å². The molecule has 1 saturated heterocycles. The van der Waals surface area contributed by atoms with Gasteiger partial charge in [0, 0.05) is 38.3 Å². The molecule has 6 nitrogen and oxygen atoms in total. The molecule has 0 aromatic heterocycles. The van der Waals surface area contributed by atoms with Crippen LogP contribution in [0.2, 0.25) is 0 Å². The van der Waals surface area contributed by atoms with Crippen molar-refractivity contribution in [2.75, 3.05) is 52.5 Å². The number of aliphatic hydroxyl groups is 1. The molecule has 0 bridgehead atoms. The Hall–Kier alpha value is -0.120. The predicted octanol–water partition coefficient (Wildman–Crippen LogP) is 2.31. The molecule has 1 heterocycles. The topological polar surface area (TPSA) is 69.1 Å². The summed E-state index contributed by atoms with van der Waals surface area (Å²) < 4.78 is 5.46. The number of halogens is 1. The van der Waals surface area contributed by atoms with Crippen molar-refractivity contribution in [2.45, 2.75) is 53.0 Å². The van der Waals surface area contributed by atoms with E-state index in [9.17, 15) is 5.11 Å². The molecule has 3 N–H and O–H groups in total. The number of nitrogens with one attached hydrogen (secondary N) is 2. The van der Waals surface area contributed by atoms with Gasteiger partial charge < -0.3 is 20.5 Å². The van der Waals surface area contributed by atoms with Gasteiger partial charge in [-0.25, -0.2) is 0 Å². The monoisotopic (exact) mass is 484 g/mol. The standard InChI is InChI=1S/C19H40N4O2.HI/c1-6-20-18(21-14-17(7-10-24)13-16(2)3)22-15-19(4,5)23-8-11-25-12-9-23;/h16-17,24H,6-15H2,1-5H3,(H2,20,21,22);1H. The lowest BCUT2D eigenvalue weighted by Crippen LogP contribution is -2.52. The van der Waals surface area contributed by atoms with E-state index in [4.69, 9.17) is 9.73 Å².